The van der Waals surface area contributed by atoms with Crippen molar-refractivity contribution in [3.8, 4) is 5.69 Å². The minimum atomic E-state index is -0.653. The van der Waals surface area contributed by atoms with Crippen molar-refractivity contribution in [2.24, 2.45) is 0 Å². The first-order valence-corrected chi connectivity index (χ1v) is 6.35. The predicted molar refractivity (Wildman–Crippen MR) is 71.2 cm³/mol. The number of amides is 1. The van der Waals surface area contributed by atoms with Gasteiger partial charge < -0.3 is 5.11 Å². The van der Waals surface area contributed by atoms with Crippen LogP contribution >= 0.6 is 0 Å². The van der Waals surface area contributed by atoms with Gasteiger partial charge in [-0.3, -0.25) is 9.69 Å². The number of aliphatic hydroxyl groups excluding tert-OH is 1. The maximum absolute atomic E-state index is 13.0. The number of aryl methyl sites for hydroxylation is 1. The highest BCUT2D eigenvalue weighted by Crippen LogP contribution is 2.25. The van der Waals surface area contributed by atoms with E-state index < -0.39 is 6.10 Å². The van der Waals surface area contributed by atoms with E-state index >= 15 is 0 Å². The number of anilines is 1. The minimum Gasteiger partial charge on any atom is -0.391 e. The lowest BCUT2D eigenvalue weighted by atomic mass is 10.3. The zero-order valence-corrected chi connectivity index (χ0v) is 11.0. The molecule has 0 radical (unpaired) electrons. The first-order chi connectivity index (χ1) is 9.54. The summed E-state index contributed by atoms with van der Waals surface area (Å²) in [5.41, 5.74) is 1.42. The molecule has 0 aliphatic carbocycles. The summed E-state index contributed by atoms with van der Waals surface area (Å²) in [6.07, 6.45) is -0.535. The summed E-state index contributed by atoms with van der Waals surface area (Å²) in [7, 11) is 0. The van der Waals surface area contributed by atoms with Crippen LogP contribution in [-0.4, -0.2) is 33.4 Å². The third-order valence-corrected chi connectivity index (χ3v) is 3.27. The van der Waals surface area contributed by atoms with Crippen LogP contribution in [0, 0.1) is 12.7 Å². The average Bonchev–Trinajstić information content (AvgIpc) is 2.93. The number of halogens is 1. The second-order valence-corrected chi connectivity index (χ2v) is 4.89. The molecular formula is C14H14FN3O2. The van der Waals surface area contributed by atoms with Crippen LogP contribution in [0.4, 0.5) is 10.2 Å². The van der Waals surface area contributed by atoms with E-state index in [1.165, 1.54) is 17.0 Å². The Kier molecular flexibility index (Phi) is 3.02. The topological polar surface area (TPSA) is 58.4 Å². The molecule has 1 amide bonds. The SMILES string of the molecule is Cc1cc(N2CC(O)CC2=O)n(-c2ccc(F)cc2)n1. The Balaban J connectivity index is 2.04. The highest BCUT2D eigenvalue weighted by atomic mass is 19.1. The molecule has 20 heavy (non-hydrogen) atoms. The molecule has 0 saturated carbocycles. The summed E-state index contributed by atoms with van der Waals surface area (Å²) in [5, 5.41) is 13.9. The molecule has 2 aromatic rings. The number of carbonyl (C=O) groups is 1. The van der Waals surface area contributed by atoms with Crippen LogP contribution in [0.5, 0.6) is 0 Å². The molecule has 1 unspecified atom stereocenters. The van der Waals surface area contributed by atoms with Crippen molar-refractivity contribution in [1.82, 2.24) is 9.78 Å². The lowest BCUT2D eigenvalue weighted by molar-refractivity contribution is -0.117. The first-order valence-electron chi connectivity index (χ1n) is 6.35. The number of carbonyl (C=O) groups excluding carboxylic acids is 1. The van der Waals surface area contributed by atoms with Crippen LogP contribution < -0.4 is 4.90 Å². The molecular weight excluding hydrogens is 261 g/mol. The van der Waals surface area contributed by atoms with E-state index in [4.69, 9.17) is 0 Å². The Morgan fingerprint density at radius 3 is 2.65 bits per heavy atom. The Labute approximate surface area is 115 Å². The van der Waals surface area contributed by atoms with E-state index in [0.29, 0.717) is 11.5 Å². The number of aliphatic hydroxyl groups is 1. The van der Waals surface area contributed by atoms with Crippen molar-refractivity contribution in [3.05, 3.63) is 41.8 Å². The quantitative estimate of drug-likeness (QED) is 0.901. The van der Waals surface area contributed by atoms with Crippen molar-refractivity contribution in [1.29, 1.82) is 0 Å². The van der Waals surface area contributed by atoms with Crippen molar-refractivity contribution in [2.75, 3.05) is 11.4 Å². The van der Waals surface area contributed by atoms with Gasteiger partial charge in [-0.2, -0.15) is 5.10 Å². The number of aromatic nitrogens is 2. The summed E-state index contributed by atoms with van der Waals surface area (Å²) in [6.45, 7) is 2.08. The second-order valence-electron chi connectivity index (χ2n) is 4.89. The fourth-order valence-electron chi connectivity index (χ4n) is 2.36. The third-order valence-electron chi connectivity index (χ3n) is 3.27. The molecule has 5 nitrogen and oxygen atoms in total. The van der Waals surface area contributed by atoms with E-state index in [0.717, 1.165) is 5.69 Å². The Morgan fingerprint density at radius 1 is 1.35 bits per heavy atom. The standard InChI is InChI=1S/C14H14FN3O2/c1-9-6-13(17-8-12(19)7-14(17)20)18(16-9)11-4-2-10(15)3-5-11/h2-6,12,19H,7-8H2,1H3. The van der Waals surface area contributed by atoms with Gasteiger partial charge in [-0.05, 0) is 31.2 Å². The van der Waals surface area contributed by atoms with Crippen LogP contribution in [0.3, 0.4) is 0 Å². The van der Waals surface area contributed by atoms with Crippen LogP contribution in [0.2, 0.25) is 0 Å². The van der Waals surface area contributed by atoms with Crippen LogP contribution in [0.1, 0.15) is 12.1 Å². The van der Waals surface area contributed by atoms with E-state index in [1.54, 1.807) is 22.9 Å². The highest BCUT2D eigenvalue weighted by molar-refractivity contribution is 5.95. The van der Waals surface area contributed by atoms with Crippen LogP contribution in [0.25, 0.3) is 5.69 Å². The zero-order valence-electron chi connectivity index (χ0n) is 11.0. The van der Waals surface area contributed by atoms with Crippen molar-refractivity contribution in [2.45, 2.75) is 19.4 Å². The van der Waals surface area contributed by atoms with Gasteiger partial charge in [0.2, 0.25) is 5.91 Å². The van der Waals surface area contributed by atoms with Crippen molar-refractivity contribution >= 4 is 11.7 Å². The summed E-state index contributed by atoms with van der Waals surface area (Å²) in [5.74, 6) is 0.128. The predicted octanol–water partition coefficient (Wildman–Crippen LogP) is 1.42. The molecule has 1 N–H and O–H groups in total. The molecule has 1 aliphatic rings. The summed E-state index contributed by atoms with van der Waals surface area (Å²) in [4.78, 5) is 13.4. The van der Waals surface area contributed by atoms with Gasteiger partial charge in [0, 0.05) is 6.07 Å². The van der Waals surface area contributed by atoms with E-state index in [1.807, 2.05) is 6.92 Å². The highest BCUT2D eigenvalue weighted by Gasteiger charge is 2.31. The lowest BCUT2D eigenvalue weighted by Gasteiger charge is -2.17. The molecule has 2 heterocycles. The van der Waals surface area contributed by atoms with Crippen LogP contribution in [0.15, 0.2) is 30.3 Å². The summed E-state index contributed by atoms with van der Waals surface area (Å²) in [6, 6.07) is 7.66. The fraction of sp³-hybridized carbons (Fsp3) is 0.286. The Hall–Kier alpha value is -2.21. The molecule has 1 aliphatic heterocycles. The monoisotopic (exact) mass is 275 g/mol. The maximum Gasteiger partial charge on any atom is 0.230 e. The average molecular weight is 275 g/mol. The zero-order chi connectivity index (χ0) is 14.3. The molecule has 0 spiro atoms. The fourth-order valence-corrected chi connectivity index (χ4v) is 2.36. The van der Waals surface area contributed by atoms with Gasteiger partial charge in [0.05, 0.1) is 30.5 Å². The third kappa shape index (κ3) is 2.18. The van der Waals surface area contributed by atoms with Gasteiger partial charge in [-0.1, -0.05) is 0 Å². The van der Waals surface area contributed by atoms with Crippen LogP contribution in [-0.2, 0) is 4.79 Å². The summed E-state index contributed by atoms with van der Waals surface area (Å²) < 4.78 is 14.6. The van der Waals surface area contributed by atoms with Gasteiger partial charge in [0.25, 0.3) is 0 Å². The first kappa shape index (κ1) is 12.8. The van der Waals surface area contributed by atoms with E-state index in [9.17, 15) is 14.3 Å². The van der Waals surface area contributed by atoms with Gasteiger partial charge >= 0.3 is 0 Å². The number of nitrogens with zero attached hydrogens (tertiary/aromatic N) is 3. The van der Waals surface area contributed by atoms with E-state index in [-0.39, 0.29) is 24.7 Å². The van der Waals surface area contributed by atoms with Gasteiger partial charge in [-0.25, -0.2) is 9.07 Å². The number of benzene rings is 1. The molecule has 3 rings (SSSR count). The smallest absolute Gasteiger partial charge is 0.230 e. The number of hydrogen-bond donors (Lipinski definition) is 1. The van der Waals surface area contributed by atoms with Crippen molar-refractivity contribution in [3.63, 3.8) is 0 Å². The molecule has 104 valence electrons. The molecule has 1 saturated heterocycles. The lowest BCUT2D eigenvalue weighted by Crippen LogP contribution is -2.27. The van der Waals surface area contributed by atoms with Gasteiger partial charge in [0.15, 0.2) is 0 Å². The molecule has 1 fully saturated rings. The Morgan fingerprint density at radius 2 is 2.05 bits per heavy atom. The molecule has 1 aromatic heterocycles. The van der Waals surface area contributed by atoms with E-state index in [2.05, 4.69) is 5.10 Å². The van der Waals surface area contributed by atoms with Crippen molar-refractivity contribution < 1.29 is 14.3 Å². The maximum atomic E-state index is 13.0. The number of rotatable bonds is 2. The summed E-state index contributed by atoms with van der Waals surface area (Å²) >= 11 is 0. The molecule has 0 bridgehead atoms. The molecule has 1 atom stereocenters. The normalized spacial score (nSPS) is 18.9. The Bertz CT molecular complexity index is 651. The molecule has 1 aromatic carbocycles. The molecule has 6 heteroatoms. The largest absolute Gasteiger partial charge is 0.391 e. The minimum absolute atomic E-state index is 0.119. The van der Waals surface area contributed by atoms with Gasteiger partial charge in [0.1, 0.15) is 11.6 Å². The number of β-amino-alcohol motifs (C(OH)–C–C–N with tert-alkyl or cyclic N) is 1. The number of hydrogen-bond acceptors (Lipinski definition) is 3. The van der Waals surface area contributed by atoms with Gasteiger partial charge in [-0.15, -0.1) is 0 Å². The second kappa shape index (κ2) is 4.72.